The molecule has 0 unspecified atom stereocenters. The fraction of sp³-hybridized carbons (Fsp3) is 0.276. The predicted molar refractivity (Wildman–Crippen MR) is 133 cm³/mol. The number of aryl methyl sites for hydroxylation is 1. The Balaban J connectivity index is 1.69. The molecule has 3 heteroatoms. The van der Waals surface area contributed by atoms with Gasteiger partial charge in [-0.05, 0) is 47.2 Å². The number of Topliss-reactive ketones (excluding diaryl/α,β-unsaturated/α-hetero) is 1. The molecule has 0 spiro atoms. The number of para-hydroxylation sites is 1. The van der Waals surface area contributed by atoms with Crippen molar-refractivity contribution in [1.29, 1.82) is 0 Å². The molecule has 3 aromatic carbocycles. The molecule has 0 radical (unpaired) electrons. The van der Waals surface area contributed by atoms with Gasteiger partial charge in [0.2, 0.25) is 0 Å². The summed E-state index contributed by atoms with van der Waals surface area (Å²) >= 11 is 0. The fourth-order valence-electron chi connectivity index (χ4n) is 5.97. The number of fused-ring (bicyclic) bond motifs is 5. The van der Waals surface area contributed by atoms with Crippen molar-refractivity contribution >= 4 is 38.7 Å². The average Bonchev–Trinajstić information content (AvgIpc) is 3.02. The normalized spacial score (nSPS) is 19.8. The molecule has 3 nitrogen and oxygen atoms in total. The monoisotopic (exact) mass is 420 g/mol. The molecule has 160 valence electrons. The summed E-state index contributed by atoms with van der Waals surface area (Å²) in [5, 5.41) is 7.48. The van der Waals surface area contributed by atoms with Gasteiger partial charge in [0.05, 0.1) is 6.04 Å². The van der Waals surface area contributed by atoms with Gasteiger partial charge in [-0.15, -0.1) is 0 Å². The van der Waals surface area contributed by atoms with Crippen LogP contribution < -0.4 is 5.32 Å². The second-order valence-corrected chi connectivity index (χ2v) is 10.2. The minimum atomic E-state index is -0.131. The van der Waals surface area contributed by atoms with Crippen molar-refractivity contribution < 1.29 is 4.79 Å². The van der Waals surface area contributed by atoms with Crippen LogP contribution in [0.4, 0.5) is 5.69 Å². The first-order valence-electron chi connectivity index (χ1n) is 11.4. The van der Waals surface area contributed by atoms with Gasteiger partial charge in [0.25, 0.3) is 0 Å². The van der Waals surface area contributed by atoms with Gasteiger partial charge in [-0.3, -0.25) is 4.79 Å². The van der Waals surface area contributed by atoms with Crippen molar-refractivity contribution in [3.05, 3.63) is 83.1 Å². The molecule has 0 bridgehead atoms. The second kappa shape index (κ2) is 6.59. The molecule has 1 atom stereocenters. The summed E-state index contributed by atoms with van der Waals surface area (Å²) < 4.78 is 2.25. The number of nitrogens with one attached hydrogen (secondary N) is 1. The number of aromatic nitrogens is 1. The summed E-state index contributed by atoms with van der Waals surface area (Å²) in [4.78, 5) is 13.7. The summed E-state index contributed by atoms with van der Waals surface area (Å²) in [6, 6.07) is 21.3. The highest BCUT2D eigenvalue weighted by molar-refractivity contribution is 6.13. The molecule has 32 heavy (non-hydrogen) atoms. The number of rotatable bonds is 1. The standard InChI is InChI=1S/C29H28N2O/c1-17-25(20-11-7-8-12-23(20)31(17)4)28-27-21(15-29(2,3)16-24(27)32)26-19-10-6-5-9-18(19)13-14-22(26)30-28/h5-14,28,30H,15-16H2,1-4H3/t28-/m0/s1. The largest absolute Gasteiger partial charge is 0.373 e. The van der Waals surface area contributed by atoms with E-state index in [1.54, 1.807) is 0 Å². The highest BCUT2D eigenvalue weighted by Crippen LogP contribution is 2.53. The van der Waals surface area contributed by atoms with Gasteiger partial charge in [-0.25, -0.2) is 0 Å². The highest BCUT2D eigenvalue weighted by Gasteiger charge is 2.42. The molecule has 6 rings (SSSR count). The Bertz CT molecular complexity index is 1470. The third-order valence-electron chi connectivity index (χ3n) is 7.48. The molecule has 0 saturated carbocycles. The maximum Gasteiger partial charge on any atom is 0.162 e. The lowest BCUT2D eigenvalue weighted by atomic mass is 9.67. The van der Waals surface area contributed by atoms with Crippen molar-refractivity contribution in [2.45, 2.75) is 39.7 Å². The first kappa shape index (κ1) is 19.4. The van der Waals surface area contributed by atoms with Crippen molar-refractivity contribution in [2.24, 2.45) is 12.5 Å². The Kier molecular flexibility index (Phi) is 3.98. The maximum absolute atomic E-state index is 13.7. The third kappa shape index (κ3) is 2.63. The lowest BCUT2D eigenvalue weighted by molar-refractivity contribution is -0.118. The third-order valence-corrected chi connectivity index (χ3v) is 7.48. The smallest absolute Gasteiger partial charge is 0.162 e. The van der Waals surface area contributed by atoms with Crippen LogP contribution in [0.25, 0.3) is 27.2 Å². The Morgan fingerprint density at radius 3 is 2.47 bits per heavy atom. The fourth-order valence-corrected chi connectivity index (χ4v) is 5.97. The SMILES string of the molecule is Cc1c([C@@H]2Nc3ccc4ccccc4c3C3=C2C(=O)CC(C)(C)C3)c2ccccc2n1C. The van der Waals surface area contributed by atoms with Crippen LogP contribution in [0.2, 0.25) is 0 Å². The Labute approximate surface area is 188 Å². The van der Waals surface area contributed by atoms with Gasteiger partial charge >= 0.3 is 0 Å². The molecule has 1 aromatic heterocycles. The van der Waals surface area contributed by atoms with E-state index in [0.717, 1.165) is 17.7 Å². The quantitative estimate of drug-likeness (QED) is 0.361. The van der Waals surface area contributed by atoms with Crippen LogP contribution in [-0.2, 0) is 11.8 Å². The first-order chi connectivity index (χ1) is 15.4. The minimum Gasteiger partial charge on any atom is -0.373 e. The molecular weight excluding hydrogens is 392 g/mol. The Hall–Kier alpha value is -3.33. The van der Waals surface area contributed by atoms with E-state index in [0.29, 0.717) is 6.42 Å². The lowest BCUT2D eigenvalue weighted by Gasteiger charge is -2.40. The van der Waals surface area contributed by atoms with Gasteiger partial charge in [-0.1, -0.05) is 62.4 Å². The van der Waals surface area contributed by atoms with Crippen LogP contribution in [0.15, 0.2) is 66.2 Å². The van der Waals surface area contributed by atoms with Crippen molar-refractivity contribution in [3.8, 4) is 0 Å². The van der Waals surface area contributed by atoms with E-state index >= 15 is 0 Å². The van der Waals surface area contributed by atoms with E-state index in [-0.39, 0.29) is 17.2 Å². The number of nitrogens with zero attached hydrogens (tertiary/aromatic N) is 1. The molecule has 1 aliphatic carbocycles. The molecule has 0 amide bonds. The molecule has 0 saturated heterocycles. The lowest BCUT2D eigenvalue weighted by Crippen LogP contribution is -2.33. The zero-order chi connectivity index (χ0) is 22.2. The molecule has 4 aromatic rings. The Morgan fingerprint density at radius 2 is 1.66 bits per heavy atom. The summed E-state index contributed by atoms with van der Waals surface area (Å²) in [5.74, 6) is 0.277. The number of carbonyl (C=O) groups excluding carboxylic acids is 1. The molecule has 0 fully saturated rings. The van der Waals surface area contributed by atoms with E-state index < -0.39 is 0 Å². The van der Waals surface area contributed by atoms with Crippen LogP contribution in [0.1, 0.15) is 49.6 Å². The van der Waals surface area contributed by atoms with Crippen LogP contribution in [0, 0.1) is 12.3 Å². The highest BCUT2D eigenvalue weighted by atomic mass is 16.1. The maximum atomic E-state index is 13.7. The summed E-state index contributed by atoms with van der Waals surface area (Å²) in [6.45, 7) is 6.61. The number of allylic oxidation sites excluding steroid dienone is 1. The van der Waals surface area contributed by atoms with E-state index in [1.807, 2.05) is 0 Å². The molecule has 1 N–H and O–H groups in total. The zero-order valence-electron chi connectivity index (χ0n) is 19.1. The summed E-state index contributed by atoms with van der Waals surface area (Å²) in [5.41, 5.74) is 8.14. The van der Waals surface area contributed by atoms with Gasteiger partial charge < -0.3 is 9.88 Å². The van der Waals surface area contributed by atoms with E-state index in [2.05, 4.69) is 98.4 Å². The van der Waals surface area contributed by atoms with E-state index in [1.165, 1.54) is 44.1 Å². The molecular formula is C29H28N2O. The number of benzene rings is 3. The Morgan fingerprint density at radius 1 is 0.938 bits per heavy atom. The zero-order valence-corrected chi connectivity index (χ0v) is 19.1. The minimum absolute atomic E-state index is 0.0418. The van der Waals surface area contributed by atoms with Crippen LogP contribution in [-0.4, -0.2) is 10.4 Å². The molecule has 1 aliphatic heterocycles. The van der Waals surface area contributed by atoms with Crippen LogP contribution in [0.3, 0.4) is 0 Å². The summed E-state index contributed by atoms with van der Waals surface area (Å²) in [7, 11) is 2.12. The van der Waals surface area contributed by atoms with E-state index in [4.69, 9.17) is 0 Å². The number of anilines is 1. The summed E-state index contributed by atoms with van der Waals surface area (Å²) in [6.07, 6.45) is 1.50. The second-order valence-electron chi connectivity index (χ2n) is 10.2. The average molecular weight is 421 g/mol. The van der Waals surface area contributed by atoms with Crippen LogP contribution in [0.5, 0.6) is 0 Å². The van der Waals surface area contributed by atoms with Crippen molar-refractivity contribution in [3.63, 3.8) is 0 Å². The first-order valence-corrected chi connectivity index (χ1v) is 11.4. The van der Waals surface area contributed by atoms with Crippen molar-refractivity contribution in [1.82, 2.24) is 4.57 Å². The van der Waals surface area contributed by atoms with Crippen LogP contribution >= 0.6 is 0 Å². The number of carbonyl (C=O) groups is 1. The predicted octanol–water partition coefficient (Wildman–Crippen LogP) is 6.95. The number of hydrogen-bond acceptors (Lipinski definition) is 2. The number of hydrogen-bond donors (Lipinski definition) is 1. The van der Waals surface area contributed by atoms with Gasteiger partial charge in [0.15, 0.2) is 5.78 Å². The topological polar surface area (TPSA) is 34.0 Å². The van der Waals surface area contributed by atoms with Gasteiger partial charge in [0, 0.05) is 52.5 Å². The molecule has 2 aliphatic rings. The van der Waals surface area contributed by atoms with Gasteiger partial charge in [-0.2, -0.15) is 0 Å². The number of ketones is 1. The van der Waals surface area contributed by atoms with Gasteiger partial charge in [0.1, 0.15) is 0 Å². The van der Waals surface area contributed by atoms with E-state index in [9.17, 15) is 4.79 Å². The molecule has 2 heterocycles. The van der Waals surface area contributed by atoms with Crippen molar-refractivity contribution in [2.75, 3.05) is 5.32 Å².